The fourth-order valence-electron chi connectivity index (χ4n) is 2.13. The van der Waals surface area contributed by atoms with Crippen LogP contribution in [0.4, 0.5) is 17.6 Å². The van der Waals surface area contributed by atoms with Crippen molar-refractivity contribution < 1.29 is 22.4 Å². The lowest BCUT2D eigenvalue weighted by Crippen LogP contribution is -2.55. The number of carbonyl (C=O) groups is 1. The van der Waals surface area contributed by atoms with Gasteiger partial charge in [-0.3, -0.25) is 4.79 Å². The fourth-order valence-corrected chi connectivity index (χ4v) is 2.83. The first kappa shape index (κ1) is 15.3. The predicted molar refractivity (Wildman–Crippen MR) is 69.2 cm³/mol. The molecule has 1 aliphatic carbocycles. The summed E-state index contributed by atoms with van der Waals surface area (Å²) in [5.41, 5.74) is -2.48. The Hall–Kier alpha value is -1.11. The molecule has 0 radical (unpaired) electrons. The van der Waals surface area contributed by atoms with Gasteiger partial charge in [0, 0.05) is 5.33 Å². The molecule has 0 aromatic heterocycles. The maximum absolute atomic E-state index is 13.8. The Morgan fingerprint density at radius 2 is 2.00 bits per heavy atom. The zero-order chi connectivity index (χ0) is 15.0. The minimum atomic E-state index is -4.82. The first-order valence-electron chi connectivity index (χ1n) is 6.03. The lowest BCUT2D eigenvalue weighted by Gasteiger charge is -2.41. The molecule has 0 spiro atoms. The van der Waals surface area contributed by atoms with Crippen LogP contribution in [-0.2, 0) is 6.18 Å². The topological polar surface area (TPSA) is 29.1 Å². The highest BCUT2D eigenvalue weighted by molar-refractivity contribution is 9.09. The first-order valence-corrected chi connectivity index (χ1v) is 7.15. The average molecular weight is 354 g/mol. The van der Waals surface area contributed by atoms with E-state index >= 15 is 0 Å². The van der Waals surface area contributed by atoms with Crippen molar-refractivity contribution in [1.29, 1.82) is 0 Å². The second-order valence-electron chi connectivity index (χ2n) is 4.89. The van der Waals surface area contributed by atoms with Gasteiger partial charge in [-0.05, 0) is 31.4 Å². The molecule has 1 N–H and O–H groups in total. The van der Waals surface area contributed by atoms with E-state index in [0.717, 1.165) is 31.4 Å². The molecule has 1 amide bonds. The van der Waals surface area contributed by atoms with Crippen LogP contribution in [0.3, 0.4) is 0 Å². The Balaban J connectivity index is 2.27. The Bertz CT molecular complexity index is 520. The molecule has 1 aromatic rings. The summed E-state index contributed by atoms with van der Waals surface area (Å²) in [5, 5.41) is 3.11. The number of hydrogen-bond acceptors (Lipinski definition) is 1. The lowest BCUT2D eigenvalue weighted by atomic mass is 9.78. The van der Waals surface area contributed by atoms with Crippen LogP contribution in [-0.4, -0.2) is 16.8 Å². The molecule has 2 nitrogen and oxygen atoms in total. The van der Waals surface area contributed by atoms with E-state index < -0.39 is 34.6 Å². The zero-order valence-electron chi connectivity index (χ0n) is 10.4. The molecule has 110 valence electrons. The number of amides is 1. The number of benzene rings is 1. The van der Waals surface area contributed by atoms with Crippen molar-refractivity contribution in [1.82, 2.24) is 5.32 Å². The molecule has 7 heteroatoms. The van der Waals surface area contributed by atoms with Gasteiger partial charge in [-0.2, -0.15) is 13.2 Å². The van der Waals surface area contributed by atoms with Gasteiger partial charge >= 0.3 is 6.18 Å². The molecular weight excluding hydrogens is 342 g/mol. The minimum Gasteiger partial charge on any atom is -0.346 e. The second kappa shape index (κ2) is 5.35. The standard InChI is InChI=1S/C13H12BrF4NO/c14-7-12(5-2-6-12)19-11(20)8-3-1-4-9(10(8)15)13(16,17)18/h1,3-4H,2,5-7H2,(H,19,20). The summed E-state index contributed by atoms with van der Waals surface area (Å²) in [5.74, 6) is -2.34. The fraction of sp³-hybridized carbons (Fsp3) is 0.462. The van der Waals surface area contributed by atoms with Gasteiger partial charge in [0.05, 0.1) is 16.7 Å². The molecule has 1 aromatic carbocycles. The third-order valence-electron chi connectivity index (χ3n) is 3.49. The van der Waals surface area contributed by atoms with Gasteiger partial charge in [-0.25, -0.2) is 4.39 Å². The Morgan fingerprint density at radius 1 is 1.35 bits per heavy atom. The number of halogens is 5. The molecule has 0 unspecified atom stereocenters. The Labute approximate surface area is 121 Å². The molecular formula is C13H12BrF4NO. The van der Waals surface area contributed by atoms with Gasteiger partial charge in [0.1, 0.15) is 5.82 Å². The van der Waals surface area contributed by atoms with E-state index in [1.54, 1.807) is 0 Å². The monoisotopic (exact) mass is 353 g/mol. The molecule has 1 aliphatic rings. The molecule has 0 heterocycles. The molecule has 20 heavy (non-hydrogen) atoms. The molecule has 0 saturated heterocycles. The van der Waals surface area contributed by atoms with Gasteiger partial charge in [0.15, 0.2) is 0 Å². The summed E-state index contributed by atoms with van der Waals surface area (Å²) in [4.78, 5) is 12.0. The van der Waals surface area contributed by atoms with Crippen LogP contribution < -0.4 is 5.32 Å². The number of nitrogens with one attached hydrogen (secondary N) is 1. The highest BCUT2D eigenvalue weighted by Gasteiger charge is 2.39. The molecule has 0 bridgehead atoms. The van der Waals surface area contributed by atoms with Crippen molar-refractivity contribution in [3.05, 3.63) is 35.1 Å². The number of hydrogen-bond donors (Lipinski definition) is 1. The smallest absolute Gasteiger partial charge is 0.346 e. The molecule has 1 saturated carbocycles. The van der Waals surface area contributed by atoms with Crippen LogP contribution in [0.25, 0.3) is 0 Å². The van der Waals surface area contributed by atoms with Gasteiger partial charge in [-0.15, -0.1) is 0 Å². The Kier molecular flexibility index (Phi) is 4.09. The second-order valence-corrected chi connectivity index (χ2v) is 5.45. The van der Waals surface area contributed by atoms with E-state index in [1.165, 1.54) is 0 Å². The predicted octanol–water partition coefficient (Wildman–Crippen LogP) is 3.89. The Morgan fingerprint density at radius 3 is 2.45 bits per heavy atom. The maximum atomic E-state index is 13.8. The summed E-state index contributed by atoms with van der Waals surface area (Å²) in [6.07, 6.45) is -2.43. The minimum absolute atomic E-state index is 0.474. The molecule has 0 aliphatic heterocycles. The summed E-state index contributed by atoms with van der Waals surface area (Å²) < 4.78 is 51.6. The summed E-state index contributed by atoms with van der Waals surface area (Å²) in [7, 11) is 0. The molecule has 1 fully saturated rings. The van der Waals surface area contributed by atoms with Crippen molar-refractivity contribution >= 4 is 21.8 Å². The van der Waals surface area contributed by atoms with E-state index in [0.29, 0.717) is 11.4 Å². The number of rotatable bonds is 3. The van der Waals surface area contributed by atoms with Crippen LogP contribution >= 0.6 is 15.9 Å². The number of carbonyl (C=O) groups excluding carboxylic acids is 1. The SMILES string of the molecule is O=C(NC1(CBr)CCC1)c1cccc(C(F)(F)F)c1F. The average Bonchev–Trinajstić information content (AvgIpc) is 2.32. The van der Waals surface area contributed by atoms with Crippen molar-refractivity contribution in [3.8, 4) is 0 Å². The van der Waals surface area contributed by atoms with Crippen molar-refractivity contribution in [2.45, 2.75) is 31.0 Å². The highest BCUT2D eigenvalue weighted by atomic mass is 79.9. The molecule has 2 rings (SSSR count). The van der Waals surface area contributed by atoms with Gasteiger partial charge in [0.25, 0.3) is 5.91 Å². The van der Waals surface area contributed by atoms with Crippen LogP contribution in [0.15, 0.2) is 18.2 Å². The van der Waals surface area contributed by atoms with Gasteiger partial charge < -0.3 is 5.32 Å². The van der Waals surface area contributed by atoms with Crippen molar-refractivity contribution in [2.24, 2.45) is 0 Å². The highest BCUT2D eigenvalue weighted by Crippen LogP contribution is 2.35. The van der Waals surface area contributed by atoms with Crippen LogP contribution in [0.5, 0.6) is 0 Å². The maximum Gasteiger partial charge on any atom is 0.419 e. The van der Waals surface area contributed by atoms with Gasteiger partial charge in [0.2, 0.25) is 0 Å². The first-order chi connectivity index (χ1) is 9.29. The summed E-state index contributed by atoms with van der Waals surface area (Å²) in [6.45, 7) is 0. The summed E-state index contributed by atoms with van der Waals surface area (Å²) >= 11 is 3.26. The van der Waals surface area contributed by atoms with E-state index in [-0.39, 0.29) is 0 Å². The van der Waals surface area contributed by atoms with E-state index in [2.05, 4.69) is 21.2 Å². The quantitative estimate of drug-likeness (QED) is 0.648. The van der Waals surface area contributed by atoms with E-state index in [9.17, 15) is 22.4 Å². The van der Waals surface area contributed by atoms with Crippen LogP contribution in [0.2, 0.25) is 0 Å². The zero-order valence-corrected chi connectivity index (χ0v) is 11.9. The molecule has 0 atom stereocenters. The number of alkyl halides is 4. The van der Waals surface area contributed by atoms with Crippen molar-refractivity contribution in [2.75, 3.05) is 5.33 Å². The lowest BCUT2D eigenvalue weighted by molar-refractivity contribution is -0.140. The van der Waals surface area contributed by atoms with E-state index in [4.69, 9.17) is 0 Å². The van der Waals surface area contributed by atoms with Gasteiger partial charge in [-0.1, -0.05) is 22.0 Å². The third-order valence-corrected chi connectivity index (χ3v) is 4.57. The van der Waals surface area contributed by atoms with Crippen LogP contribution in [0.1, 0.15) is 35.2 Å². The normalized spacial score (nSPS) is 17.4. The summed E-state index contributed by atoms with van der Waals surface area (Å²) in [6, 6.07) is 2.71. The van der Waals surface area contributed by atoms with Crippen LogP contribution in [0, 0.1) is 5.82 Å². The van der Waals surface area contributed by atoms with Crippen molar-refractivity contribution in [3.63, 3.8) is 0 Å². The van der Waals surface area contributed by atoms with E-state index in [1.807, 2.05) is 0 Å². The largest absolute Gasteiger partial charge is 0.419 e. The third kappa shape index (κ3) is 2.82.